The molecule has 1 fully saturated rings. The summed E-state index contributed by atoms with van der Waals surface area (Å²) in [5.41, 5.74) is 1.11. The number of hydrogen-bond acceptors (Lipinski definition) is 3. The van der Waals surface area contributed by atoms with Crippen LogP contribution >= 0.6 is 11.6 Å². The maximum Gasteiger partial charge on any atom is 0.253 e. The van der Waals surface area contributed by atoms with E-state index in [1.54, 1.807) is 53.4 Å². The van der Waals surface area contributed by atoms with Gasteiger partial charge in [-0.3, -0.25) is 14.4 Å². The molecule has 0 spiro atoms. The largest absolute Gasteiger partial charge is 0.352 e. The lowest BCUT2D eigenvalue weighted by atomic mass is 9.88. The number of halogens is 1. The van der Waals surface area contributed by atoms with Gasteiger partial charge in [-0.2, -0.15) is 0 Å². The second-order valence-corrected chi connectivity index (χ2v) is 8.71. The third kappa shape index (κ3) is 6.10. The first-order valence-electron chi connectivity index (χ1n) is 11.1. The fraction of sp³-hybridized carbons (Fsp3) is 0.400. The third-order valence-corrected chi connectivity index (χ3v) is 6.25. The Morgan fingerprint density at radius 3 is 2.19 bits per heavy atom. The van der Waals surface area contributed by atoms with Crippen molar-refractivity contribution in [2.45, 2.75) is 45.2 Å². The Balaban J connectivity index is 1.68. The number of carbonyl (C=O) groups excluding carboxylic acids is 3. The van der Waals surface area contributed by atoms with Gasteiger partial charge in [-0.25, -0.2) is 0 Å². The van der Waals surface area contributed by atoms with Crippen LogP contribution in [0.3, 0.4) is 0 Å². The van der Waals surface area contributed by atoms with Crippen molar-refractivity contribution in [3.63, 3.8) is 0 Å². The van der Waals surface area contributed by atoms with Crippen LogP contribution in [0.1, 0.15) is 53.8 Å². The quantitative estimate of drug-likeness (QED) is 0.664. The van der Waals surface area contributed by atoms with E-state index >= 15 is 0 Å². The Kier molecular flexibility index (Phi) is 8.28. The van der Waals surface area contributed by atoms with E-state index in [1.807, 2.05) is 19.9 Å². The van der Waals surface area contributed by atoms with Crippen LogP contribution in [0.15, 0.2) is 54.6 Å². The van der Waals surface area contributed by atoms with Crippen molar-refractivity contribution >= 4 is 29.3 Å². The molecule has 1 aliphatic heterocycles. The molecule has 1 aliphatic rings. The molecule has 1 heterocycles. The maximum absolute atomic E-state index is 13.0. The lowest BCUT2D eigenvalue weighted by Gasteiger charge is -2.36. The molecule has 32 heavy (non-hydrogen) atoms. The van der Waals surface area contributed by atoms with Crippen molar-refractivity contribution in [2.75, 3.05) is 13.1 Å². The summed E-state index contributed by atoms with van der Waals surface area (Å²) >= 11 is 5.92. The Hall–Kier alpha value is -2.86. The van der Waals surface area contributed by atoms with Crippen LogP contribution in [-0.4, -0.2) is 47.8 Å². The number of amides is 3. The Morgan fingerprint density at radius 2 is 1.59 bits per heavy atom. The van der Waals surface area contributed by atoms with Gasteiger partial charge in [0.05, 0.1) is 0 Å². The standard InChI is InChI=1S/C25H30ClN3O3/c1-3-17(2)27-24(31)22(28-23(30)19-7-5-4-6-8-19)18-13-15-29(16-14-18)25(32)20-9-11-21(26)12-10-20/h4-12,17-18,22H,3,13-16H2,1-2H3,(H,27,31)(H,28,30)/t17-,22-/m1/s1. The molecular weight excluding hydrogens is 426 g/mol. The summed E-state index contributed by atoms with van der Waals surface area (Å²) in [6, 6.07) is 15.1. The maximum atomic E-state index is 13.0. The number of carbonyl (C=O) groups is 3. The molecule has 2 N–H and O–H groups in total. The minimum absolute atomic E-state index is 0.0187. The first-order chi connectivity index (χ1) is 15.4. The Bertz CT molecular complexity index is 925. The highest BCUT2D eigenvalue weighted by atomic mass is 35.5. The van der Waals surface area contributed by atoms with E-state index in [-0.39, 0.29) is 29.7 Å². The molecule has 7 heteroatoms. The molecule has 0 aliphatic carbocycles. The van der Waals surface area contributed by atoms with Crippen LogP contribution in [0.2, 0.25) is 5.02 Å². The van der Waals surface area contributed by atoms with Crippen LogP contribution in [0.25, 0.3) is 0 Å². The minimum atomic E-state index is -0.649. The monoisotopic (exact) mass is 455 g/mol. The molecule has 3 amide bonds. The molecule has 2 aromatic carbocycles. The van der Waals surface area contributed by atoms with Crippen molar-refractivity contribution < 1.29 is 14.4 Å². The van der Waals surface area contributed by atoms with Gasteiger partial charge in [-0.05, 0) is 68.5 Å². The Morgan fingerprint density at radius 1 is 0.969 bits per heavy atom. The highest BCUT2D eigenvalue weighted by Crippen LogP contribution is 2.23. The zero-order valence-corrected chi connectivity index (χ0v) is 19.3. The second-order valence-electron chi connectivity index (χ2n) is 8.27. The second kappa shape index (κ2) is 11.1. The van der Waals surface area contributed by atoms with E-state index in [1.165, 1.54) is 0 Å². The summed E-state index contributed by atoms with van der Waals surface area (Å²) in [6.07, 6.45) is 2.07. The van der Waals surface area contributed by atoms with Crippen LogP contribution in [0.5, 0.6) is 0 Å². The number of likely N-dealkylation sites (tertiary alicyclic amines) is 1. The van der Waals surface area contributed by atoms with Gasteiger partial charge in [0.15, 0.2) is 0 Å². The van der Waals surface area contributed by atoms with Crippen molar-refractivity contribution in [3.05, 3.63) is 70.7 Å². The minimum Gasteiger partial charge on any atom is -0.352 e. The van der Waals surface area contributed by atoms with Gasteiger partial charge in [0.1, 0.15) is 6.04 Å². The summed E-state index contributed by atoms with van der Waals surface area (Å²) in [7, 11) is 0. The topological polar surface area (TPSA) is 78.5 Å². The molecule has 0 unspecified atom stereocenters. The van der Waals surface area contributed by atoms with Crippen molar-refractivity contribution in [3.8, 4) is 0 Å². The molecule has 6 nitrogen and oxygen atoms in total. The lowest BCUT2D eigenvalue weighted by molar-refractivity contribution is -0.125. The summed E-state index contributed by atoms with van der Waals surface area (Å²) in [4.78, 5) is 40.4. The van der Waals surface area contributed by atoms with Crippen LogP contribution < -0.4 is 10.6 Å². The van der Waals surface area contributed by atoms with Crippen molar-refractivity contribution in [1.82, 2.24) is 15.5 Å². The van der Waals surface area contributed by atoms with Crippen LogP contribution in [-0.2, 0) is 4.79 Å². The average Bonchev–Trinajstić information content (AvgIpc) is 2.83. The predicted molar refractivity (Wildman–Crippen MR) is 126 cm³/mol. The molecule has 0 saturated carbocycles. The smallest absolute Gasteiger partial charge is 0.253 e. The first-order valence-corrected chi connectivity index (χ1v) is 11.5. The number of benzene rings is 2. The number of piperidine rings is 1. The molecular formula is C25H30ClN3O3. The molecule has 0 bridgehead atoms. The van der Waals surface area contributed by atoms with Gasteiger partial charge < -0.3 is 15.5 Å². The highest BCUT2D eigenvalue weighted by molar-refractivity contribution is 6.30. The zero-order valence-electron chi connectivity index (χ0n) is 18.5. The number of hydrogen-bond donors (Lipinski definition) is 2. The normalized spacial score (nSPS) is 16.2. The van der Waals surface area contributed by atoms with E-state index < -0.39 is 6.04 Å². The summed E-state index contributed by atoms with van der Waals surface area (Å²) < 4.78 is 0. The summed E-state index contributed by atoms with van der Waals surface area (Å²) in [5, 5.41) is 6.53. The van der Waals surface area contributed by atoms with E-state index in [0.717, 1.165) is 6.42 Å². The molecule has 2 aromatic rings. The molecule has 1 saturated heterocycles. The summed E-state index contributed by atoms with van der Waals surface area (Å²) in [6.45, 7) is 5.01. The number of nitrogens with zero attached hydrogens (tertiary/aromatic N) is 1. The van der Waals surface area contributed by atoms with E-state index in [0.29, 0.717) is 42.1 Å². The lowest BCUT2D eigenvalue weighted by Crippen LogP contribution is -2.55. The third-order valence-electron chi connectivity index (χ3n) is 6.00. The molecule has 0 aromatic heterocycles. The highest BCUT2D eigenvalue weighted by Gasteiger charge is 2.34. The zero-order chi connectivity index (χ0) is 23.1. The average molecular weight is 456 g/mol. The van der Waals surface area contributed by atoms with Crippen molar-refractivity contribution in [1.29, 1.82) is 0 Å². The summed E-state index contributed by atoms with van der Waals surface area (Å²) in [5.74, 6) is -0.546. The molecule has 3 rings (SSSR count). The van der Waals surface area contributed by atoms with E-state index in [2.05, 4.69) is 10.6 Å². The van der Waals surface area contributed by atoms with Gasteiger partial charge in [-0.1, -0.05) is 36.7 Å². The SMILES string of the molecule is CC[C@@H](C)NC(=O)[C@H](NC(=O)c1ccccc1)C1CCN(C(=O)c2ccc(Cl)cc2)CC1. The fourth-order valence-electron chi connectivity index (χ4n) is 3.86. The predicted octanol–water partition coefficient (Wildman–Crippen LogP) is 3.91. The van der Waals surface area contributed by atoms with Gasteiger partial charge in [-0.15, -0.1) is 0 Å². The van der Waals surface area contributed by atoms with E-state index in [9.17, 15) is 14.4 Å². The molecule has 2 atom stereocenters. The Labute approximate surface area is 194 Å². The fourth-order valence-corrected chi connectivity index (χ4v) is 3.98. The van der Waals surface area contributed by atoms with Crippen LogP contribution in [0.4, 0.5) is 0 Å². The number of rotatable bonds is 7. The van der Waals surface area contributed by atoms with Gasteiger partial charge >= 0.3 is 0 Å². The van der Waals surface area contributed by atoms with E-state index in [4.69, 9.17) is 11.6 Å². The van der Waals surface area contributed by atoms with Gasteiger partial charge in [0.25, 0.3) is 11.8 Å². The number of nitrogens with one attached hydrogen (secondary N) is 2. The van der Waals surface area contributed by atoms with Gasteiger partial charge in [0, 0.05) is 35.3 Å². The van der Waals surface area contributed by atoms with Crippen LogP contribution in [0, 0.1) is 5.92 Å². The molecule has 0 radical (unpaired) electrons. The van der Waals surface area contributed by atoms with Crippen molar-refractivity contribution in [2.24, 2.45) is 5.92 Å². The molecule has 170 valence electrons. The first kappa shape index (κ1) is 23.8. The van der Waals surface area contributed by atoms with Gasteiger partial charge in [0.2, 0.25) is 5.91 Å².